The summed E-state index contributed by atoms with van der Waals surface area (Å²) in [5.74, 6) is 0.103. The predicted molar refractivity (Wildman–Crippen MR) is 61.5 cm³/mol. The van der Waals surface area contributed by atoms with Gasteiger partial charge >= 0.3 is 0 Å². The molecule has 0 bridgehead atoms. The molecule has 0 spiro atoms. The molecule has 0 amide bonds. The smallest absolute Gasteiger partial charge is 0.171 e. The summed E-state index contributed by atoms with van der Waals surface area (Å²) in [7, 11) is 0. The fraction of sp³-hybridized carbons (Fsp3) is 0.0909. The first-order valence-corrected chi connectivity index (χ1v) is 5.04. The van der Waals surface area contributed by atoms with Gasteiger partial charge in [-0.2, -0.15) is 0 Å². The van der Waals surface area contributed by atoms with E-state index in [1.54, 1.807) is 6.07 Å². The minimum absolute atomic E-state index is 0.256. The zero-order valence-corrected chi connectivity index (χ0v) is 9.29. The molecule has 3 nitrogen and oxygen atoms in total. The van der Waals surface area contributed by atoms with Gasteiger partial charge in [0.15, 0.2) is 11.0 Å². The van der Waals surface area contributed by atoms with Crippen LogP contribution in [0.3, 0.4) is 0 Å². The van der Waals surface area contributed by atoms with Gasteiger partial charge in [-0.1, -0.05) is 17.7 Å². The SMILES string of the molecule is Cc1ccc(F)cc1Nc1nccnc1Cl. The van der Waals surface area contributed by atoms with Crippen LogP contribution in [0.1, 0.15) is 5.56 Å². The number of hydrogen-bond donors (Lipinski definition) is 1. The predicted octanol–water partition coefficient (Wildman–Crippen LogP) is 3.32. The van der Waals surface area contributed by atoms with Crippen molar-refractivity contribution in [3.63, 3.8) is 0 Å². The minimum atomic E-state index is -0.312. The van der Waals surface area contributed by atoms with Crippen LogP contribution in [0.15, 0.2) is 30.6 Å². The number of halogens is 2. The summed E-state index contributed by atoms with van der Waals surface area (Å²) in [4.78, 5) is 7.89. The van der Waals surface area contributed by atoms with Crippen LogP contribution in [0.4, 0.5) is 15.9 Å². The van der Waals surface area contributed by atoms with Gasteiger partial charge in [-0.05, 0) is 24.6 Å². The standard InChI is InChI=1S/C11H9ClFN3/c1-7-2-3-8(13)6-9(7)16-11-10(12)14-4-5-15-11/h2-6H,1H3,(H,15,16). The summed E-state index contributed by atoms with van der Waals surface area (Å²) in [6.07, 6.45) is 3.01. The van der Waals surface area contributed by atoms with Gasteiger partial charge < -0.3 is 5.32 Å². The lowest BCUT2D eigenvalue weighted by Gasteiger charge is -2.09. The number of hydrogen-bond acceptors (Lipinski definition) is 3. The van der Waals surface area contributed by atoms with Gasteiger partial charge in [0.1, 0.15) is 5.82 Å². The summed E-state index contributed by atoms with van der Waals surface area (Å²) in [6, 6.07) is 4.47. The molecule has 1 N–H and O–H groups in total. The first kappa shape index (κ1) is 10.8. The number of nitrogens with one attached hydrogen (secondary N) is 1. The van der Waals surface area contributed by atoms with E-state index in [0.717, 1.165) is 5.56 Å². The number of aromatic nitrogens is 2. The largest absolute Gasteiger partial charge is 0.337 e. The highest BCUT2D eigenvalue weighted by Crippen LogP contribution is 2.23. The van der Waals surface area contributed by atoms with Crippen LogP contribution >= 0.6 is 11.6 Å². The third-order valence-electron chi connectivity index (χ3n) is 2.11. The van der Waals surface area contributed by atoms with E-state index < -0.39 is 0 Å². The Morgan fingerprint density at radius 3 is 2.75 bits per heavy atom. The van der Waals surface area contributed by atoms with E-state index in [1.807, 2.05) is 6.92 Å². The van der Waals surface area contributed by atoms with Crippen molar-refractivity contribution < 1.29 is 4.39 Å². The van der Waals surface area contributed by atoms with Gasteiger partial charge in [0.2, 0.25) is 0 Å². The third-order valence-corrected chi connectivity index (χ3v) is 2.38. The Morgan fingerprint density at radius 1 is 1.25 bits per heavy atom. The highest BCUT2D eigenvalue weighted by Gasteiger charge is 2.05. The Bertz CT molecular complexity index is 516. The van der Waals surface area contributed by atoms with Crippen LogP contribution in [0.5, 0.6) is 0 Å². The molecule has 5 heteroatoms. The molecule has 1 aromatic heterocycles. The van der Waals surface area contributed by atoms with Crippen molar-refractivity contribution in [2.75, 3.05) is 5.32 Å². The Labute approximate surface area is 97.3 Å². The summed E-state index contributed by atoms with van der Waals surface area (Å²) in [5.41, 5.74) is 1.53. The fourth-order valence-electron chi connectivity index (χ4n) is 1.26. The van der Waals surface area contributed by atoms with Crippen LogP contribution in [0, 0.1) is 12.7 Å². The molecule has 0 aliphatic carbocycles. The lowest BCUT2D eigenvalue weighted by Crippen LogP contribution is -1.98. The molecule has 0 saturated carbocycles. The van der Waals surface area contributed by atoms with Crippen molar-refractivity contribution in [1.29, 1.82) is 0 Å². The van der Waals surface area contributed by atoms with E-state index in [0.29, 0.717) is 11.5 Å². The molecule has 2 rings (SSSR count). The zero-order valence-electron chi connectivity index (χ0n) is 8.54. The van der Waals surface area contributed by atoms with E-state index >= 15 is 0 Å². The molecule has 82 valence electrons. The number of benzene rings is 1. The third kappa shape index (κ3) is 2.28. The van der Waals surface area contributed by atoms with Crippen molar-refractivity contribution in [2.45, 2.75) is 6.92 Å². The highest BCUT2D eigenvalue weighted by atomic mass is 35.5. The molecule has 16 heavy (non-hydrogen) atoms. The van der Waals surface area contributed by atoms with Crippen LogP contribution < -0.4 is 5.32 Å². The van der Waals surface area contributed by atoms with Gasteiger partial charge in [0.25, 0.3) is 0 Å². The van der Waals surface area contributed by atoms with Gasteiger partial charge in [0, 0.05) is 18.1 Å². The number of rotatable bonds is 2. The molecule has 1 heterocycles. The molecule has 1 aromatic carbocycles. The molecule has 2 aromatic rings. The Morgan fingerprint density at radius 2 is 2.00 bits per heavy atom. The Kier molecular flexibility index (Phi) is 3.01. The van der Waals surface area contributed by atoms with Crippen molar-refractivity contribution >= 4 is 23.1 Å². The van der Waals surface area contributed by atoms with Crippen LogP contribution in [0.2, 0.25) is 5.15 Å². The maximum atomic E-state index is 13.0. The molecule has 0 fully saturated rings. The second-order valence-electron chi connectivity index (χ2n) is 3.28. The molecular weight excluding hydrogens is 229 g/mol. The Balaban J connectivity index is 2.34. The second-order valence-corrected chi connectivity index (χ2v) is 3.64. The fourth-order valence-corrected chi connectivity index (χ4v) is 1.41. The van der Waals surface area contributed by atoms with E-state index in [9.17, 15) is 4.39 Å². The zero-order chi connectivity index (χ0) is 11.5. The molecule has 0 aliphatic rings. The summed E-state index contributed by atoms with van der Waals surface area (Å²) >= 11 is 5.84. The minimum Gasteiger partial charge on any atom is -0.337 e. The number of anilines is 2. The molecular formula is C11H9ClFN3. The van der Waals surface area contributed by atoms with Gasteiger partial charge in [-0.15, -0.1) is 0 Å². The second kappa shape index (κ2) is 4.45. The first-order chi connectivity index (χ1) is 7.66. The molecule has 0 aliphatic heterocycles. The topological polar surface area (TPSA) is 37.8 Å². The van der Waals surface area contributed by atoms with E-state index in [2.05, 4.69) is 15.3 Å². The van der Waals surface area contributed by atoms with E-state index in [4.69, 9.17) is 11.6 Å². The van der Waals surface area contributed by atoms with Crippen molar-refractivity contribution in [3.8, 4) is 0 Å². The normalized spacial score (nSPS) is 10.2. The van der Waals surface area contributed by atoms with Gasteiger partial charge in [-0.3, -0.25) is 0 Å². The molecule has 0 unspecified atom stereocenters. The van der Waals surface area contributed by atoms with Crippen molar-refractivity contribution in [3.05, 3.63) is 47.1 Å². The highest BCUT2D eigenvalue weighted by molar-refractivity contribution is 6.31. The average molecular weight is 238 g/mol. The van der Waals surface area contributed by atoms with Crippen molar-refractivity contribution in [1.82, 2.24) is 9.97 Å². The van der Waals surface area contributed by atoms with Crippen molar-refractivity contribution in [2.24, 2.45) is 0 Å². The molecule has 0 saturated heterocycles. The monoisotopic (exact) mass is 237 g/mol. The molecule has 0 atom stereocenters. The maximum Gasteiger partial charge on any atom is 0.171 e. The summed E-state index contributed by atoms with van der Waals surface area (Å²) in [6.45, 7) is 1.87. The van der Waals surface area contributed by atoms with Crippen LogP contribution in [0.25, 0.3) is 0 Å². The van der Waals surface area contributed by atoms with Crippen LogP contribution in [-0.2, 0) is 0 Å². The number of nitrogens with zero attached hydrogens (tertiary/aromatic N) is 2. The maximum absolute atomic E-state index is 13.0. The first-order valence-electron chi connectivity index (χ1n) is 4.66. The summed E-state index contributed by atoms with van der Waals surface area (Å²) < 4.78 is 13.0. The van der Waals surface area contributed by atoms with E-state index in [-0.39, 0.29) is 11.0 Å². The van der Waals surface area contributed by atoms with E-state index in [1.165, 1.54) is 24.5 Å². The van der Waals surface area contributed by atoms with Gasteiger partial charge in [-0.25, -0.2) is 14.4 Å². The molecule has 0 radical (unpaired) electrons. The lowest BCUT2D eigenvalue weighted by atomic mass is 10.2. The van der Waals surface area contributed by atoms with Crippen LogP contribution in [-0.4, -0.2) is 9.97 Å². The lowest BCUT2D eigenvalue weighted by molar-refractivity contribution is 0.628. The Hall–Kier alpha value is -1.68. The quantitative estimate of drug-likeness (QED) is 0.871. The summed E-state index contributed by atoms with van der Waals surface area (Å²) in [5, 5.41) is 3.19. The average Bonchev–Trinajstić information content (AvgIpc) is 2.27. The van der Waals surface area contributed by atoms with Gasteiger partial charge in [0.05, 0.1) is 0 Å². The number of aryl methyl sites for hydroxylation is 1.